The molecule has 4 heteroatoms. The van der Waals surface area contributed by atoms with Crippen LogP contribution in [0.25, 0.3) is 0 Å². The lowest BCUT2D eigenvalue weighted by Crippen LogP contribution is -2.04. The number of rotatable bonds is 2. The number of carboxylic acids is 1. The average Bonchev–Trinajstić information content (AvgIpc) is 2.39. The second kappa shape index (κ2) is 3.48. The van der Waals surface area contributed by atoms with Crippen LogP contribution in [0.15, 0.2) is 11.9 Å². The van der Waals surface area contributed by atoms with E-state index in [-0.39, 0.29) is 6.10 Å². The Bertz CT molecular complexity index is 182. The Morgan fingerprint density at radius 3 is 2.91 bits per heavy atom. The second-order valence-corrected chi connectivity index (χ2v) is 2.37. The van der Waals surface area contributed by atoms with E-state index in [2.05, 4.69) is 0 Å². The van der Waals surface area contributed by atoms with Crippen LogP contribution in [0.4, 0.5) is 4.39 Å². The third-order valence-corrected chi connectivity index (χ3v) is 1.50. The Kier molecular flexibility index (Phi) is 2.59. The molecule has 0 aromatic heterocycles. The van der Waals surface area contributed by atoms with Gasteiger partial charge in [0.05, 0.1) is 6.10 Å². The molecule has 1 heterocycles. The minimum Gasteiger partial charge on any atom is -0.476 e. The van der Waals surface area contributed by atoms with Gasteiger partial charge in [0.15, 0.2) is 0 Å². The highest BCUT2D eigenvalue weighted by Crippen LogP contribution is 2.15. The summed E-state index contributed by atoms with van der Waals surface area (Å²) in [7, 11) is 0. The fourth-order valence-corrected chi connectivity index (χ4v) is 0.969. The van der Waals surface area contributed by atoms with Crippen molar-refractivity contribution in [3.8, 4) is 0 Å². The molecule has 1 fully saturated rings. The summed E-state index contributed by atoms with van der Waals surface area (Å²) < 4.78 is 17.4. The van der Waals surface area contributed by atoms with Crippen LogP contribution in [0.3, 0.4) is 0 Å². The summed E-state index contributed by atoms with van der Waals surface area (Å²) in [6.07, 6.45) is 2.25. The Balaban J connectivity index is 2.49. The molecule has 0 bridgehead atoms. The largest absolute Gasteiger partial charge is 0.476 e. The van der Waals surface area contributed by atoms with E-state index in [1.165, 1.54) is 0 Å². The predicted octanol–water partition coefficient (Wildman–Crippen LogP) is 1.10. The van der Waals surface area contributed by atoms with Crippen molar-refractivity contribution >= 4 is 5.97 Å². The van der Waals surface area contributed by atoms with Crippen LogP contribution in [0, 0.1) is 0 Å². The molecule has 0 spiro atoms. The lowest BCUT2D eigenvalue weighted by atomic mass is 10.2. The van der Waals surface area contributed by atoms with E-state index < -0.39 is 11.8 Å². The predicted molar refractivity (Wildman–Crippen MR) is 35.8 cm³/mol. The first-order valence-electron chi connectivity index (χ1n) is 3.42. The van der Waals surface area contributed by atoms with Crippen LogP contribution in [0.2, 0.25) is 0 Å². The van der Waals surface area contributed by atoms with E-state index in [1.54, 1.807) is 0 Å². The van der Waals surface area contributed by atoms with Crippen molar-refractivity contribution in [2.45, 2.75) is 18.9 Å². The minimum absolute atomic E-state index is 0.342. The Morgan fingerprint density at radius 2 is 2.45 bits per heavy atom. The quantitative estimate of drug-likeness (QED) is 0.615. The summed E-state index contributed by atoms with van der Waals surface area (Å²) in [6.45, 7) is 0.591. The smallest absolute Gasteiger partial charge is 0.364 e. The first-order chi connectivity index (χ1) is 5.20. The molecule has 1 aliphatic rings. The number of aliphatic carboxylic acids is 1. The zero-order valence-corrected chi connectivity index (χ0v) is 5.92. The van der Waals surface area contributed by atoms with Crippen LogP contribution in [-0.4, -0.2) is 23.8 Å². The van der Waals surface area contributed by atoms with Crippen LogP contribution in [-0.2, 0) is 9.53 Å². The first-order valence-corrected chi connectivity index (χ1v) is 3.42. The first kappa shape index (κ1) is 8.20. The van der Waals surface area contributed by atoms with Gasteiger partial charge in [0.25, 0.3) is 0 Å². The van der Waals surface area contributed by atoms with E-state index in [1.807, 2.05) is 0 Å². The summed E-state index contributed by atoms with van der Waals surface area (Å²) in [5.74, 6) is -2.66. The van der Waals surface area contributed by atoms with Crippen molar-refractivity contribution in [2.24, 2.45) is 0 Å². The summed E-state index contributed by atoms with van der Waals surface area (Å²) >= 11 is 0. The average molecular weight is 160 g/mol. The van der Waals surface area contributed by atoms with Gasteiger partial charge in [-0.2, -0.15) is 4.39 Å². The molecule has 0 radical (unpaired) electrons. The van der Waals surface area contributed by atoms with Gasteiger partial charge in [0.1, 0.15) is 0 Å². The zero-order chi connectivity index (χ0) is 8.27. The molecule has 3 nitrogen and oxygen atoms in total. The van der Waals surface area contributed by atoms with Crippen molar-refractivity contribution in [1.29, 1.82) is 0 Å². The SMILES string of the molecule is O=C(O)C(F)=CC1CCCO1. The third kappa shape index (κ3) is 2.31. The minimum atomic E-state index is -1.53. The number of hydrogen-bond donors (Lipinski definition) is 1. The van der Waals surface area contributed by atoms with Crippen molar-refractivity contribution in [3.05, 3.63) is 11.9 Å². The van der Waals surface area contributed by atoms with Gasteiger partial charge in [-0.3, -0.25) is 0 Å². The Labute approximate surface area is 63.5 Å². The van der Waals surface area contributed by atoms with Gasteiger partial charge in [0.2, 0.25) is 5.83 Å². The number of ether oxygens (including phenoxy) is 1. The standard InChI is InChI=1S/C7H9FO3/c8-6(7(9)10)4-5-2-1-3-11-5/h4-5H,1-3H2,(H,9,10). The van der Waals surface area contributed by atoms with Crippen molar-refractivity contribution in [3.63, 3.8) is 0 Å². The summed E-state index contributed by atoms with van der Waals surface area (Å²) in [5, 5.41) is 8.14. The van der Waals surface area contributed by atoms with Gasteiger partial charge >= 0.3 is 5.97 Å². The molecular formula is C7H9FO3. The molecule has 0 aromatic carbocycles. The lowest BCUT2D eigenvalue weighted by Gasteiger charge is -2.00. The number of hydrogen-bond acceptors (Lipinski definition) is 2. The number of carbonyl (C=O) groups is 1. The van der Waals surface area contributed by atoms with Gasteiger partial charge in [-0.25, -0.2) is 4.79 Å². The van der Waals surface area contributed by atoms with Gasteiger partial charge in [-0.05, 0) is 18.9 Å². The van der Waals surface area contributed by atoms with Gasteiger partial charge in [-0.1, -0.05) is 0 Å². The van der Waals surface area contributed by atoms with E-state index in [0.717, 1.165) is 12.5 Å². The van der Waals surface area contributed by atoms with Crippen molar-refractivity contribution in [1.82, 2.24) is 0 Å². The molecule has 0 aromatic rings. The number of halogens is 1. The normalized spacial score (nSPS) is 25.5. The lowest BCUT2D eigenvalue weighted by molar-refractivity contribution is -0.134. The van der Waals surface area contributed by atoms with Crippen LogP contribution in [0.5, 0.6) is 0 Å². The molecule has 11 heavy (non-hydrogen) atoms. The van der Waals surface area contributed by atoms with Crippen LogP contribution >= 0.6 is 0 Å². The number of carboxylic acid groups (broad SMARTS) is 1. The molecule has 0 amide bonds. The molecule has 0 saturated carbocycles. The zero-order valence-electron chi connectivity index (χ0n) is 5.92. The van der Waals surface area contributed by atoms with Gasteiger partial charge in [-0.15, -0.1) is 0 Å². The molecule has 0 aliphatic carbocycles. The Morgan fingerprint density at radius 1 is 1.73 bits per heavy atom. The van der Waals surface area contributed by atoms with E-state index in [9.17, 15) is 9.18 Å². The maximum absolute atomic E-state index is 12.4. The fraction of sp³-hybridized carbons (Fsp3) is 0.571. The van der Waals surface area contributed by atoms with Crippen molar-refractivity contribution in [2.75, 3.05) is 6.61 Å². The van der Waals surface area contributed by atoms with E-state index >= 15 is 0 Å². The summed E-state index contributed by atoms with van der Waals surface area (Å²) in [4.78, 5) is 9.99. The highest BCUT2D eigenvalue weighted by molar-refractivity contribution is 5.83. The maximum Gasteiger partial charge on any atom is 0.364 e. The molecule has 1 N–H and O–H groups in total. The molecule has 1 rings (SSSR count). The van der Waals surface area contributed by atoms with Crippen LogP contribution in [0.1, 0.15) is 12.8 Å². The topological polar surface area (TPSA) is 46.5 Å². The Hall–Kier alpha value is -0.900. The summed E-state index contributed by atoms with van der Waals surface area (Å²) in [6, 6.07) is 0. The van der Waals surface area contributed by atoms with E-state index in [0.29, 0.717) is 13.0 Å². The molecule has 1 aliphatic heterocycles. The second-order valence-electron chi connectivity index (χ2n) is 2.37. The monoisotopic (exact) mass is 160 g/mol. The highest BCUT2D eigenvalue weighted by atomic mass is 19.1. The van der Waals surface area contributed by atoms with Crippen molar-refractivity contribution < 1.29 is 19.0 Å². The summed E-state index contributed by atoms with van der Waals surface area (Å²) in [5.41, 5.74) is 0. The van der Waals surface area contributed by atoms with Gasteiger partial charge < -0.3 is 9.84 Å². The molecule has 62 valence electrons. The maximum atomic E-state index is 12.4. The van der Waals surface area contributed by atoms with Gasteiger partial charge in [0, 0.05) is 6.61 Å². The van der Waals surface area contributed by atoms with Crippen LogP contribution < -0.4 is 0 Å². The van der Waals surface area contributed by atoms with E-state index in [4.69, 9.17) is 9.84 Å². The molecule has 1 atom stereocenters. The highest BCUT2D eigenvalue weighted by Gasteiger charge is 2.16. The molecule has 1 saturated heterocycles. The fourth-order valence-electron chi connectivity index (χ4n) is 0.969. The molecule has 1 unspecified atom stereocenters. The third-order valence-electron chi connectivity index (χ3n) is 1.50. The molecular weight excluding hydrogens is 151 g/mol.